The molecular weight excluding hydrogens is 498 g/mol. The first kappa shape index (κ1) is 32.6. The molecule has 2 aromatic rings. The van der Waals surface area contributed by atoms with Crippen LogP contribution in [0.3, 0.4) is 0 Å². The fourth-order valence-corrected chi connectivity index (χ4v) is 4.93. The van der Waals surface area contributed by atoms with Gasteiger partial charge in [-0.05, 0) is 111 Å². The van der Waals surface area contributed by atoms with Crippen molar-refractivity contribution in [1.82, 2.24) is 16.1 Å². The van der Waals surface area contributed by atoms with Crippen LogP contribution in [0.4, 0.5) is 5.69 Å². The molecule has 0 unspecified atom stereocenters. The second-order valence-electron chi connectivity index (χ2n) is 10.3. The quantitative estimate of drug-likeness (QED) is 0.103. The van der Waals surface area contributed by atoms with E-state index in [2.05, 4.69) is 77.0 Å². The van der Waals surface area contributed by atoms with Crippen LogP contribution in [0, 0.1) is 6.92 Å². The molecule has 1 aliphatic rings. The zero-order valence-corrected chi connectivity index (χ0v) is 23.9. The standard InChI is InChI=1S/C32H45N5O2.CH4/c1-23-10-8-14-30(18-23)36-32(37-33-4)29-20-27-19-26(31(39-5)22-28(27)21-29)13-7-6-11-24(2)35-17-16-34-15-9-12-25(3)38;/h8,10,14,18-19,22,34-37H,2,4,6-7,9,11-13,15-17,20-21H2,1,3,5H3;1H4/b32-29-;. The number of methoxy groups -OCH3 is 1. The van der Waals surface area contributed by atoms with Crippen LogP contribution in [0.2, 0.25) is 0 Å². The number of hydrogen-bond donors (Lipinski definition) is 4. The van der Waals surface area contributed by atoms with Crippen molar-refractivity contribution >= 4 is 18.2 Å². The molecule has 3 rings (SSSR count). The predicted molar refractivity (Wildman–Crippen MR) is 169 cm³/mol. The maximum Gasteiger partial charge on any atom is 0.129 e. The lowest BCUT2D eigenvalue weighted by Gasteiger charge is -2.14. The topological polar surface area (TPSA) is 86.8 Å². The summed E-state index contributed by atoms with van der Waals surface area (Å²) in [5, 5.41) is 14.2. The first-order valence-corrected chi connectivity index (χ1v) is 14.0. The number of hydrazone groups is 1. The molecule has 0 saturated heterocycles. The number of unbranched alkanes of at least 4 members (excludes halogenated alkanes) is 1. The van der Waals surface area contributed by atoms with Gasteiger partial charge in [0.2, 0.25) is 0 Å². The number of nitrogens with one attached hydrogen (secondary N) is 4. The van der Waals surface area contributed by atoms with Gasteiger partial charge in [-0.25, -0.2) is 0 Å². The number of fused-ring (bicyclic) bond motifs is 1. The van der Waals surface area contributed by atoms with Gasteiger partial charge in [-0.2, -0.15) is 5.10 Å². The van der Waals surface area contributed by atoms with E-state index in [0.29, 0.717) is 6.42 Å². The molecule has 0 aliphatic heterocycles. The van der Waals surface area contributed by atoms with Crippen LogP contribution in [-0.2, 0) is 24.1 Å². The van der Waals surface area contributed by atoms with Gasteiger partial charge in [-0.3, -0.25) is 5.43 Å². The van der Waals surface area contributed by atoms with E-state index in [1.165, 1.54) is 27.8 Å². The van der Waals surface area contributed by atoms with Gasteiger partial charge in [0.15, 0.2) is 0 Å². The van der Waals surface area contributed by atoms with Crippen molar-refractivity contribution in [2.24, 2.45) is 5.10 Å². The van der Waals surface area contributed by atoms with Crippen molar-refractivity contribution in [3.05, 3.63) is 82.3 Å². The first-order chi connectivity index (χ1) is 18.9. The number of carbonyl (C=O) groups excluding carboxylic acids is 1. The number of allylic oxidation sites excluding steroid dienone is 2. The Morgan fingerprint density at radius 1 is 1.02 bits per heavy atom. The minimum Gasteiger partial charge on any atom is -0.496 e. The Labute approximate surface area is 241 Å². The van der Waals surface area contributed by atoms with Crippen LogP contribution < -0.4 is 26.1 Å². The Morgan fingerprint density at radius 2 is 1.80 bits per heavy atom. The van der Waals surface area contributed by atoms with E-state index in [9.17, 15) is 4.79 Å². The summed E-state index contributed by atoms with van der Waals surface area (Å²) in [6.07, 6.45) is 7.34. The van der Waals surface area contributed by atoms with Gasteiger partial charge in [0.25, 0.3) is 0 Å². The normalized spacial score (nSPS) is 13.1. The molecule has 7 heteroatoms. The Bertz CT molecular complexity index is 1170. The molecule has 0 fully saturated rings. The molecular formula is C33H49N5O2. The average molecular weight is 548 g/mol. The first-order valence-electron chi connectivity index (χ1n) is 14.0. The van der Waals surface area contributed by atoms with E-state index in [1.807, 2.05) is 6.07 Å². The van der Waals surface area contributed by atoms with Crippen LogP contribution in [-0.4, -0.2) is 39.2 Å². The number of rotatable bonds is 18. The number of ketones is 1. The third kappa shape index (κ3) is 10.5. The second-order valence-corrected chi connectivity index (χ2v) is 10.3. The zero-order chi connectivity index (χ0) is 28.0. The number of aryl methyl sites for hydroxylation is 2. The summed E-state index contributed by atoms with van der Waals surface area (Å²) in [6.45, 7) is 14.1. The minimum atomic E-state index is 0. The number of Topliss-reactive ketones (excluding diaryl/α,β-unsaturated/α-hetero) is 1. The second kappa shape index (κ2) is 17.2. The Hall–Kier alpha value is -3.58. The number of hydrogen-bond acceptors (Lipinski definition) is 7. The van der Waals surface area contributed by atoms with E-state index in [1.54, 1.807) is 14.0 Å². The molecule has 218 valence electrons. The Balaban J connectivity index is 0.00000560. The maximum absolute atomic E-state index is 11.0. The van der Waals surface area contributed by atoms with E-state index in [4.69, 9.17) is 4.74 Å². The lowest BCUT2D eigenvalue weighted by atomic mass is 10.00. The lowest BCUT2D eigenvalue weighted by molar-refractivity contribution is -0.117. The summed E-state index contributed by atoms with van der Waals surface area (Å²) in [5.41, 5.74) is 11.5. The monoisotopic (exact) mass is 547 g/mol. The molecule has 0 radical (unpaired) electrons. The molecule has 4 N–H and O–H groups in total. The molecule has 1 aliphatic carbocycles. The molecule has 40 heavy (non-hydrogen) atoms. The number of carbonyl (C=O) groups is 1. The molecule has 0 amide bonds. The largest absolute Gasteiger partial charge is 0.496 e. The van der Waals surface area contributed by atoms with Gasteiger partial charge in [0.1, 0.15) is 17.4 Å². The predicted octanol–water partition coefficient (Wildman–Crippen LogP) is 6.04. The molecule has 7 nitrogen and oxygen atoms in total. The van der Waals surface area contributed by atoms with Crippen LogP contribution >= 0.6 is 0 Å². The fourth-order valence-electron chi connectivity index (χ4n) is 4.93. The SMILES string of the molecule is C.C=NN/C(Nc1cccc(C)c1)=C1/Cc2cc(CCCCC(=C)NCCNCCCC(C)=O)c(OC)cc2C1. The summed E-state index contributed by atoms with van der Waals surface area (Å²) in [6, 6.07) is 12.8. The summed E-state index contributed by atoms with van der Waals surface area (Å²) in [4.78, 5) is 11.0. The number of benzene rings is 2. The van der Waals surface area contributed by atoms with Crippen molar-refractivity contribution in [2.45, 2.75) is 72.6 Å². The summed E-state index contributed by atoms with van der Waals surface area (Å²) < 4.78 is 5.78. The smallest absolute Gasteiger partial charge is 0.129 e. The third-order valence-electron chi connectivity index (χ3n) is 6.98. The molecule has 0 bridgehead atoms. The highest BCUT2D eigenvalue weighted by Gasteiger charge is 2.22. The van der Waals surface area contributed by atoms with E-state index < -0.39 is 0 Å². The summed E-state index contributed by atoms with van der Waals surface area (Å²) >= 11 is 0. The van der Waals surface area contributed by atoms with E-state index in [0.717, 1.165) is 87.5 Å². The number of ether oxygens (including phenoxy) is 1. The maximum atomic E-state index is 11.0. The zero-order valence-electron chi connectivity index (χ0n) is 23.9. The van der Waals surface area contributed by atoms with Gasteiger partial charge < -0.3 is 25.5 Å². The summed E-state index contributed by atoms with van der Waals surface area (Å²) in [7, 11) is 1.75. The van der Waals surface area contributed by atoms with Gasteiger partial charge in [0, 0.05) is 37.6 Å². The molecule has 0 saturated carbocycles. The van der Waals surface area contributed by atoms with Crippen molar-refractivity contribution in [3.8, 4) is 5.75 Å². The highest BCUT2D eigenvalue weighted by Crippen LogP contribution is 2.34. The molecule has 0 spiro atoms. The van der Waals surface area contributed by atoms with Crippen LogP contribution in [0.1, 0.15) is 68.7 Å². The van der Waals surface area contributed by atoms with Gasteiger partial charge in [-0.15, -0.1) is 0 Å². The lowest BCUT2D eigenvalue weighted by Crippen LogP contribution is -2.27. The van der Waals surface area contributed by atoms with Gasteiger partial charge in [-0.1, -0.05) is 32.2 Å². The van der Waals surface area contributed by atoms with Crippen LogP contribution in [0.5, 0.6) is 5.75 Å². The van der Waals surface area contributed by atoms with E-state index >= 15 is 0 Å². The number of nitrogens with zero attached hydrogens (tertiary/aromatic N) is 1. The molecule has 0 atom stereocenters. The molecule has 0 aromatic heterocycles. The highest BCUT2D eigenvalue weighted by molar-refractivity contribution is 5.75. The van der Waals surface area contributed by atoms with Crippen molar-refractivity contribution in [3.63, 3.8) is 0 Å². The van der Waals surface area contributed by atoms with Gasteiger partial charge in [0.05, 0.1) is 7.11 Å². The van der Waals surface area contributed by atoms with Crippen molar-refractivity contribution in [2.75, 3.05) is 32.1 Å². The van der Waals surface area contributed by atoms with Crippen LogP contribution in [0.15, 0.2) is 65.2 Å². The molecule has 0 heterocycles. The minimum absolute atomic E-state index is 0. The Morgan fingerprint density at radius 3 is 2.50 bits per heavy atom. The van der Waals surface area contributed by atoms with Gasteiger partial charge >= 0.3 is 0 Å². The average Bonchev–Trinajstić information content (AvgIpc) is 3.32. The highest BCUT2D eigenvalue weighted by atomic mass is 16.5. The molecule has 2 aromatic carbocycles. The van der Waals surface area contributed by atoms with Crippen LogP contribution in [0.25, 0.3) is 0 Å². The third-order valence-corrected chi connectivity index (χ3v) is 6.98. The summed E-state index contributed by atoms with van der Waals surface area (Å²) in [5.74, 6) is 2.11. The Kier molecular flexibility index (Phi) is 14.0. The number of anilines is 1. The van der Waals surface area contributed by atoms with Crippen molar-refractivity contribution < 1.29 is 9.53 Å². The fraction of sp³-hybridized carbons (Fsp3) is 0.455. The van der Waals surface area contributed by atoms with E-state index in [-0.39, 0.29) is 13.2 Å². The van der Waals surface area contributed by atoms with Crippen molar-refractivity contribution in [1.29, 1.82) is 0 Å².